The first kappa shape index (κ1) is 9.51. The van der Waals surface area contributed by atoms with Gasteiger partial charge < -0.3 is 9.15 Å². The maximum atomic E-state index is 11.2. The van der Waals surface area contributed by atoms with Crippen molar-refractivity contribution in [2.75, 3.05) is 7.11 Å². The summed E-state index contributed by atoms with van der Waals surface area (Å²) in [5, 5.41) is 0.914. The lowest BCUT2D eigenvalue weighted by molar-refractivity contribution is 0.0601. The Morgan fingerprint density at radius 2 is 2.21 bits per heavy atom. The first-order chi connectivity index (χ1) is 6.70. The second kappa shape index (κ2) is 3.61. The molecule has 1 aromatic carbocycles. The third-order valence-corrected chi connectivity index (χ3v) is 2.44. The molecule has 1 aromatic heterocycles. The number of carbonyl (C=O) groups excluding carboxylic acids is 1. The number of esters is 1. The Labute approximate surface area is 94.2 Å². The number of rotatable bonds is 1. The Kier molecular flexibility index (Phi) is 2.45. The van der Waals surface area contributed by atoms with Crippen LogP contribution in [0.4, 0.5) is 0 Å². The van der Waals surface area contributed by atoms with E-state index in [0.29, 0.717) is 5.56 Å². The third kappa shape index (κ3) is 1.61. The standard InChI is InChI=1S/C10H7IO3/c1-13-10(12)6-2-3-8-7(4-6)5-9(11)14-8/h2-5H,1H3. The van der Waals surface area contributed by atoms with E-state index in [1.54, 1.807) is 18.2 Å². The number of ether oxygens (including phenoxy) is 1. The number of benzene rings is 1. The zero-order valence-electron chi connectivity index (χ0n) is 7.41. The van der Waals surface area contributed by atoms with Crippen molar-refractivity contribution in [1.29, 1.82) is 0 Å². The molecule has 4 heteroatoms. The second-order valence-corrected chi connectivity index (χ2v) is 3.86. The van der Waals surface area contributed by atoms with Crippen LogP contribution in [0.1, 0.15) is 10.4 Å². The molecule has 0 aliphatic rings. The minimum absolute atomic E-state index is 0.330. The van der Waals surface area contributed by atoms with Gasteiger partial charge >= 0.3 is 5.97 Å². The highest BCUT2D eigenvalue weighted by Crippen LogP contribution is 2.21. The van der Waals surface area contributed by atoms with E-state index in [9.17, 15) is 4.79 Å². The van der Waals surface area contributed by atoms with Gasteiger partial charge in [-0.3, -0.25) is 0 Å². The third-order valence-electron chi connectivity index (χ3n) is 1.91. The normalized spacial score (nSPS) is 10.4. The van der Waals surface area contributed by atoms with Gasteiger partial charge in [0.15, 0.2) is 3.77 Å². The molecular formula is C10H7IO3. The van der Waals surface area contributed by atoms with Crippen LogP contribution in [0, 0.1) is 3.77 Å². The molecule has 0 bridgehead atoms. The van der Waals surface area contributed by atoms with Crippen LogP contribution in [0.15, 0.2) is 28.7 Å². The minimum atomic E-state index is -0.330. The SMILES string of the molecule is COC(=O)c1ccc2oc(I)cc2c1. The number of fused-ring (bicyclic) bond motifs is 1. The molecule has 0 N–H and O–H groups in total. The monoisotopic (exact) mass is 302 g/mol. The van der Waals surface area contributed by atoms with Crippen molar-refractivity contribution in [2.45, 2.75) is 0 Å². The zero-order valence-corrected chi connectivity index (χ0v) is 9.57. The topological polar surface area (TPSA) is 39.4 Å². The van der Waals surface area contributed by atoms with Crippen LogP contribution in [0.3, 0.4) is 0 Å². The second-order valence-electron chi connectivity index (χ2n) is 2.79. The van der Waals surface area contributed by atoms with Crippen molar-refractivity contribution in [3.8, 4) is 0 Å². The van der Waals surface area contributed by atoms with Crippen LogP contribution in [-0.4, -0.2) is 13.1 Å². The Hall–Kier alpha value is -1.04. The summed E-state index contributed by atoms with van der Waals surface area (Å²) in [4.78, 5) is 11.2. The predicted molar refractivity (Wildman–Crippen MR) is 60.3 cm³/mol. The van der Waals surface area contributed by atoms with Crippen LogP contribution >= 0.6 is 22.6 Å². The number of halogens is 1. The predicted octanol–water partition coefficient (Wildman–Crippen LogP) is 2.82. The molecule has 14 heavy (non-hydrogen) atoms. The van der Waals surface area contributed by atoms with Gasteiger partial charge in [-0.25, -0.2) is 4.79 Å². The summed E-state index contributed by atoms with van der Waals surface area (Å²) >= 11 is 2.09. The Bertz CT molecular complexity index is 487. The van der Waals surface area contributed by atoms with Crippen LogP contribution < -0.4 is 0 Å². The molecule has 0 radical (unpaired) electrons. The van der Waals surface area contributed by atoms with E-state index >= 15 is 0 Å². The Morgan fingerprint density at radius 1 is 1.43 bits per heavy atom. The number of carbonyl (C=O) groups is 1. The maximum absolute atomic E-state index is 11.2. The van der Waals surface area contributed by atoms with Crippen LogP contribution in [0.2, 0.25) is 0 Å². The van der Waals surface area contributed by atoms with Crippen LogP contribution in [0.25, 0.3) is 11.0 Å². The van der Waals surface area contributed by atoms with E-state index < -0.39 is 0 Å². The molecular weight excluding hydrogens is 295 g/mol. The molecule has 2 rings (SSSR count). The molecule has 0 atom stereocenters. The van der Waals surface area contributed by atoms with Crippen LogP contribution in [0.5, 0.6) is 0 Å². The summed E-state index contributed by atoms with van der Waals surface area (Å²) in [6.07, 6.45) is 0. The molecule has 0 fully saturated rings. The van der Waals surface area contributed by atoms with Gasteiger partial charge in [0.2, 0.25) is 0 Å². The molecule has 0 aliphatic carbocycles. The van der Waals surface area contributed by atoms with Crippen molar-refractivity contribution in [3.05, 3.63) is 33.6 Å². The minimum Gasteiger partial charge on any atom is -0.465 e. The lowest BCUT2D eigenvalue weighted by atomic mass is 10.2. The quantitative estimate of drug-likeness (QED) is 0.600. The molecule has 0 aliphatic heterocycles. The van der Waals surface area contributed by atoms with Crippen LogP contribution in [-0.2, 0) is 4.74 Å². The van der Waals surface area contributed by atoms with E-state index in [1.165, 1.54) is 7.11 Å². The molecule has 0 unspecified atom stereocenters. The Morgan fingerprint density at radius 3 is 2.93 bits per heavy atom. The maximum Gasteiger partial charge on any atom is 0.337 e. The molecule has 0 amide bonds. The number of methoxy groups -OCH3 is 1. The average Bonchev–Trinajstić information content (AvgIpc) is 2.55. The highest BCUT2D eigenvalue weighted by molar-refractivity contribution is 14.1. The van der Waals surface area contributed by atoms with E-state index in [4.69, 9.17) is 4.42 Å². The van der Waals surface area contributed by atoms with Crippen molar-refractivity contribution in [1.82, 2.24) is 0 Å². The van der Waals surface area contributed by atoms with Gasteiger partial charge in [-0.05, 0) is 46.9 Å². The van der Waals surface area contributed by atoms with Crippen molar-refractivity contribution < 1.29 is 13.9 Å². The number of hydrogen-bond acceptors (Lipinski definition) is 3. The zero-order chi connectivity index (χ0) is 10.1. The van der Waals surface area contributed by atoms with Crippen molar-refractivity contribution >= 4 is 39.5 Å². The van der Waals surface area contributed by atoms with Gasteiger partial charge in [0.05, 0.1) is 12.7 Å². The Balaban J connectivity index is 2.55. The highest BCUT2D eigenvalue weighted by atomic mass is 127. The van der Waals surface area contributed by atoms with Gasteiger partial charge in [0.1, 0.15) is 5.58 Å². The molecule has 3 nitrogen and oxygen atoms in total. The van der Waals surface area contributed by atoms with E-state index in [2.05, 4.69) is 27.3 Å². The molecule has 0 saturated carbocycles. The number of furan rings is 1. The largest absolute Gasteiger partial charge is 0.465 e. The smallest absolute Gasteiger partial charge is 0.337 e. The van der Waals surface area contributed by atoms with Gasteiger partial charge in [-0.2, -0.15) is 0 Å². The fraction of sp³-hybridized carbons (Fsp3) is 0.100. The van der Waals surface area contributed by atoms with Gasteiger partial charge in [0, 0.05) is 5.39 Å². The van der Waals surface area contributed by atoms with Gasteiger partial charge in [0.25, 0.3) is 0 Å². The molecule has 1 heterocycles. The fourth-order valence-electron chi connectivity index (χ4n) is 1.26. The summed E-state index contributed by atoms with van der Waals surface area (Å²) < 4.78 is 10.8. The van der Waals surface area contributed by atoms with E-state index in [1.807, 2.05) is 6.07 Å². The summed E-state index contributed by atoms with van der Waals surface area (Å²) in [5.74, 6) is -0.330. The summed E-state index contributed by atoms with van der Waals surface area (Å²) in [6.45, 7) is 0. The lowest BCUT2D eigenvalue weighted by Crippen LogP contribution is -1.99. The van der Waals surface area contributed by atoms with Gasteiger partial charge in [-0.15, -0.1) is 0 Å². The molecule has 2 aromatic rings. The first-order valence-corrected chi connectivity index (χ1v) is 5.06. The summed E-state index contributed by atoms with van der Waals surface area (Å²) in [7, 11) is 1.37. The average molecular weight is 302 g/mol. The van der Waals surface area contributed by atoms with Gasteiger partial charge in [-0.1, -0.05) is 0 Å². The lowest BCUT2D eigenvalue weighted by Gasteiger charge is -1.97. The highest BCUT2D eigenvalue weighted by Gasteiger charge is 2.07. The van der Waals surface area contributed by atoms with Crippen molar-refractivity contribution in [2.24, 2.45) is 0 Å². The summed E-state index contributed by atoms with van der Waals surface area (Å²) in [5.41, 5.74) is 1.32. The molecule has 0 spiro atoms. The number of hydrogen-bond donors (Lipinski definition) is 0. The molecule has 72 valence electrons. The summed E-state index contributed by atoms with van der Waals surface area (Å²) in [6, 6.07) is 7.09. The van der Waals surface area contributed by atoms with E-state index in [-0.39, 0.29) is 5.97 Å². The van der Waals surface area contributed by atoms with Crippen molar-refractivity contribution in [3.63, 3.8) is 0 Å². The molecule has 0 saturated heterocycles. The van der Waals surface area contributed by atoms with E-state index in [0.717, 1.165) is 14.7 Å². The first-order valence-electron chi connectivity index (χ1n) is 3.98. The fourth-order valence-corrected chi connectivity index (χ4v) is 1.83.